The van der Waals surface area contributed by atoms with Crippen LogP contribution in [0, 0.1) is 0 Å². The summed E-state index contributed by atoms with van der Waals surface area (Å²) in [7, 11) is 0. The fourth-order valence-corrected chi connectivity index (χ4v) is 5.51. The van der Waals surface area contributed by atoms with Gasteiger partial charge >= 0.3 is 11.9 Å². The molecule has 0 aromatic heterocycles. The van der Waals surface area contributed by atoms with E-state index in [4.69, 9.17) is 9.47 Å². The Labute approximate surface area is 198 Å². The molecule has 0 unspecified atom stereocenters. The molecule has 2 aliphatic heterocycles. The highest BCUT2D eigenvalue weighted by molar-refractivity contribution is 9.11. The summed E-state index contributed by atoms with van der Waals surface area (Å²) in [4.78, 5) is 40.6. The third-order valence-corrected chi connectivity index (χ3v) is 6.94. The minimum atomic E-state index is -0.650. The molecule has 2 heterocycles. The lowest BCUT2D eigenvalue weighted by molar-refractivity contribution is -0.149. The number of hydrogen-bond acceptors (Lipinski definition) is 6. The number of halogens is 1. The highest BCUT2D eigenvalue weighted by Crippen LogP contribution is 2.44. The number of thioether (sulfide) groups is 1. The summed E-state index contributed by atoms with van der Waals surface area (Å²) in [6.07, 6.45) is -0.650. The normalized spacial score (nSPS) is 19.0. The molecule has 8 heteroatoms. The number of rotatable bonds is 6. The molecule has 0 spiro atoms. The van der Waals surface area contributed by atoms with E-state index in [9.17, 15) is 14.4 Å². The van der Waals surface area contributed by atoms with Gasteiger partial charge in [0.25, 0.3) is 5.91 Å². The molecule has 1 amide bonds. The predicted molar refractivity (Wildman–Crippen MR) is 125 cm³/mol. The lowest BCUT2D eigenvalue weighted by atomic mass is 10.0. The standard InChI is InChI=1S/C24H20BrNO5S/c1-15(27)30-13-18-14-32-23-19(12-25)22(28)26(23)20(18)24(29)31-21(16-8-4-2-5-9-16)17-10-6-3-7-11-17/h2-12,21,23H,13-14H2,1H3/b19-12-/t23-/m1/s1. The molecule has 1 saturated heterocycles. The maximum atomic E-state index is 13.5. The van der Waals surface area contributed by atoms with Crippen molar-refractivity contribution in [1.29, 1.82) is 0 Å². The van der Waals surface area contributed by atoms with Crippen LogP contribution in [0.2, 0.25) is 0 Å². The first-order valence-corrected chi connectivity index (χ1v) is 11.9. The first kappa shape index (κ1) is 22.4. The van der Waals surface area contributed by atoms with E-state index >= 15 is 0 Å². The van der Waals surface area contributed by atoms with Crippen molar-refractivity contribution in [2.75, 3.05) is 12.4 Å². The molecule has 0 N–H and O–H groups in total. The van der Waals surface area contributed by atoms with Crippen molar-refractivity contribution in [2.24, 2.45) is 0 Å². The molecule has 32 heavy (non-hydrogen) atoms. The topological polar surface area (TPSA) is 72.9 Å². The van der Waals surface area contributed by atoms with E-state index in [1.54, 1.807) is 4.99 Å². The fourth-order valence-electron chi connectivity index (χ4n) is 3.61. The Morgan fingerprint density at radius 3 is 2.25 bits per heavy atom. The van der Waals surface area contributed by atoms with Gasteiger partial charge in [-0.2, -0.15) is 0 Å². The second kappa shape index (κ2) is 9.75. The number of amides is 1. The van der Waals surface area contributed by atoms with Crippen LogP contribution in [0.1, 0.15) is 24.2 Å². The van der Waals surface area contributed by atoms with Crippen LogP contribution in [0.4, 0.5) is 0 Å². The van der Waals surface area contributed by atoms with E-state index in [2.05, 4.69) is 15.9 Å². The summed E-state index contributed by atoms with van der Waals surface area (Å²) in [5.41, 5.74) is 2.90. The average molecular weight is 514 g/mol. The van der Waals surface area contributed by atoms with Crippen molar-refractivity contribution in [3.05, 3.63) is 93.6 Å². The van der Waals surface area contributed by atoms with Crippen LogP contribution >= 0.6 is 27.7 Å². The quantitative estimate of drug-likeness (QED) is 0.325. The van der Waals surface area contributed by atoms with Crippen LogP contribution < -0.4 is 0 Å². The Kier molecular flexibility index (Phi) is 6.81. The SMILES string of the molecule is CC(=O)OCC1=C(C(=O)OC(c2ccccc2)c2ccccc2)N2C(=O)/C(=C/Br)[C@H]2SC1. The predicted octanol–water partition coefficient (Wildman–Crippen LogP) is 4.33. The van der Waals surface area contributed by atoms with Gasteiger partial charge in [0.1, 0.15) is 17.7 Å². The van der Waals surface area contributed by atoms with Gasteiger partial charge in [0.2, 0.25) is 0 Å². The third kappa shape index (κ3) is 4.38. The Bertz CT molecular complexity index is 1060. The molecule has 0 bridgehead atoms. The lowest BCUT2D eigenvalue weighted by Gasteiger charge is -2.46. The number of fused-ring (bicyclic) bond motifs is 1. The van der Waals surface area contributed by atoms with Crippen LogP contribution in [-0.2, 0) is 23.9 Å². The number of hydrogen-bond donors (Lipinski definition) is 0. The number of benzene rings is 2. The molecule has 6 nitrogen and oxygen atoms in total. The van der Waals surface area contributed by atoms with Crippen molar-refractivity contribution in [3.8, 4) is 0 Å². The van der Waals surface area contributed by atoms with Crippen LogP contribution in [0.25, 0.3) is 0 Å². The smallest absolute Gasteiger partial charge is 0.356 e. The van der Waals surface area contributed by atoms with Crippen molar-refractivity contribution < 1.29 is 23.9 Å². The number of ether oxygens (including phenoxy) is 2. The van der Waals surface area contributed by atoms with E-state index in [1.165, 1.54) is 23.6 Å². The van der Waals surface area contributed by atoms with Gasteiger partial charge in [-0.1, -0.05) is 76.6 Å². The molecule has 0 aliphatic carbocycles. The second-order valence-corrected chi connectivity index (χ2v) is 8.77. The number of carbonyl (C=O) groups is 3. The number of nitrogens with zero attached hydrogens (tertiary/aromatic N) is 1. The van der Waals surface area contributed by atoms with Gasteiger partial charge in [-0.25, -0.2) is 4.79 Å². The van der Waals surface area contributed by atoms with Crippen molar-refractivity contribution in [3.63, 3.8) is 0 Å². The van der Waals surface area contributed by atoms with Gasteiger partial charge in [-0.05, 0) is 16.1 Å². The highest BCUT2D eigenvalue weighted by Gasteiger charge is 2.50. The zero-order valence-electron chi connectivity index (χ0n) is 17.2. The van der Waals surface area contributed by atoms with Gasteiger partial charge in [-0.3, -0.25) is 14.5 Å². The van der Waals surface area contributed by atoms with Gasteiger partial charge in [0, 0.05) is 18.2 Å². The molecule has 0 saturated carbocycles. The lowest BCUT2D eigenvalue weighted by Crippen LogP contribution is -2.56. The zero-order valence-corrected chi connectivity index (χ0v) is 19.6. The summed E-state index contributed by atoms with van der Waals surface area (Å²) in [5.74, 6) is -0.920. The summed E-state index contributed by atoms with van der Waals surface area (Å²) < 4.78 is 11.1. The first-order chi connectivity index (χ1) is 15.5. The van der Waals surface area contributed by atoms with Crippen LogP contribution in [-0.4, -0.2) is 40.5 Å². The average Bonchev–Trinajstić information content (AvgIpc) is 2.81. The summed E-state index contributed by atoms with van der Waals surface area (Å²) >= 11 is 4.72. The molecule has 1 atom stereocenters. The van der Waals surface area contributed by atoms with E-state index in [1.807, 2.05) is 60.7 Å². The molecule has 2 aromatic rings. The van der Waals surface area contributed by atoms with E-state index < -0.39 is 18.0 Å². The van der Waals surface area contributed by atoms with Crippen LogP contribution in [0.15, 0.2) is 82.5 Å². The van der Waals surface area contributed by atoms with E-state index in [0.717, 1.165) is 11.1 Å². The first-order valence-electron chi connectivity index (χ1n) is 9.93. The van der Waals surface area contributed by atoms with E-state index in [-0.39, 0.29) is 23.6 Å². The van der Waals surface area contributed by atoms with Crippen LogP contribution in [0.3, 0.4) is 0 Å². The molecule has 0 radical (unpaired) electrons. The van der Waals surface area contributed by atoms with Crippen molar-refractivity contribution in [1.82, 2.24) is 4.90 Å². The number of β-lactam (4-membered cyclic amide) rings is 1. The maximum absolute atomic E-state index is 13.5. The molecule has 2 aromatic carbocycles. The summed E-state index contributed by atoms with van der Waals surface area (Å²) in [5, 5.41) is -0.280. The zero-order chi connectivity index (χ0) is 22.7. The number of carbonyl (C=O) groups excluding carboxylic acids is 3. The Morgan fingerprint density at radius 1 is 1.12 bits per heavy atom. The van der Waals surface area contributed by atoms with Crippen molar-refractivity contribution in [2.45, 2.75) is 18.4 Å². The van der Waals surface area contributed by atoms with Gasteiger partial charge in [0.15, 0.2) is 6.10 Å². The Balaban J connectivity index is 1.70. The Hall–Kier alpha value is -2.84. The molecule has 1 fully saturated rings. The molecule has 2 aliphatic rings. The largest absolute Gasteiger partial charge is 0.461 e. The Morgan fingerprint density at radius 2 is 1.72 bits per heavy atom. The molecule has 164 valence electrons. The third-order valence-electron chi connectivity index (χ3n) is 5.15. The van der Waals surface area contributed by atoms with Gasteiger partial charge in [0.05, 0.1) is 5.57 Å². The summed E-state index contributed by atoms with van der Waals surface area (Å²) in [6.45, 7) is 1.23. The monoisotopic (exact) mass is 513 g/mol. The highest BCUT2D eigenvalue weighted by atomic mass is 79.9. The maximum Gasteiger partial charge on any atom is 0.356 e. The van der Waals surface area contributed by atoms with Gasteiger partial charge in [-0.15, -0.1) is 11.8 Å². The van der Waals surface area contributed by atoms with Crippen molar-refractivity contribution >= 4 is 45.5 Å². The minimum Gasteiger partial charge on any atom is -0.461 e. The molecular formula is C24H20BrNO5S. The van der Waals surface area contributed by atoms with Crippen LogP contribution in [0.5, 0.6) is 0 Å². The molecule has 4 rings (SSSR count). The fraction of sp³-hybridized carbons (Fsp3) is 0.208. The van der Waals surface area contributed by atoms with Gasteiger partial charge < -0.3 is 9.47 Å². The molecular weight excluding hydrogens is 494 g/mol. The minimum absolute atomic E-state index is 0.0715. The summed E-state index contributed by atoms with van der Waals surface area (Å²) in [6, 6.07) is 18.9. The van der Waals surface area contributed by atoms with E-state index in [0.29, 0.717) is 16.9 Å². The number of esters is 2. The second-order valence-electron chi connectivity index (χ2n) is 7.24.